The van der Waals surface area contributed by atoms with E-state index in [-0.39, 0.29) is 17.5 Å². The van der Waals surface area contributed by atoms with Gasteiger partial charge < -0.3 is 15.5 Å². The second kappa shape index (κ2) is 8.95. The summed E-state index contributed by atoms with van der Waals surface area (Å²) in [6.07, 6.45) is 2.65. The zero-order chi connectivity index (χ0) is 20.1. The molecule has 1 saturated heterocycles. The highest BCUT2D eigenvalue weighted by atomic mass is 16.2. The average molecular weight is 386 g/mol. The van der Waals surface area contributed by atoms with E-state index in [0.717, 1.165) is 51.5 Å². The molecule has 28 heavy (non-hydrogen) atoms. The monoisotopic (exact) mass is 385 g/mol. The van der Waals surface area contributed by atoms with Crippen LogP contribution in [0.3, 0.4) is 0 Å². The lowest BCUT2D eigenvalue weighted by Crippen LogP contribution is -2.55. The Morgan fingerprint density at radius 2 is 2.00 bits per heavy atom. The number of likely N-dealkylation sites (tertiary alicyclic amines) is 1. The van der Waals surface area contributed by atoms with Gasteiger partial charge in [-0.2, -0.15) is 0 Å². The van der Waals surface area contributed by atoms with Crippen LogP contribution in [0.15, 0.2) is 29.3 Å². The zero-order valence-electron chi connectivity index (χ0n) is 17.8. The zero-order valence-corrected chi connectivity index (χ0v) is 17.8. The predicted octanol–water partition coefficient (Wildman–Crippen LogP) is 2.00. The van der Waals surface area contributed by atoms with Crippen molar-refractivity contribution in [3.8, 4) is 0 Å². The van der Waals surface area contributed by atoms with Crippen LogP contribution in [0.5, 0.6) is 0 Å². The molecular formula is C22H35N5O. The molecule has 2 heterocycles. The van der Waals surface area contributed by atoms with Crippen molar-refractivity contribution in [2.45, 2.75) is 58.2 Å². The lowest BCUT2D eigenvalue weighted by Gasteiger charge is -2.42. The van der Waals surface area contributed by atoms with Crippen LogP contribution in [0.4, 0.5) is 0 Å². The summed E-state index contributed by atoms with van der Waals surface area (Å²) in [4.78, 5) is 20.8. The van der Waals surface area contributed by atoms with E-state index in [9.17, 15) is 4.79 Å². The number of carbonyl (C=O) groups is 1. The van der Waals surface area contributed by atoms with Crippen LogP contribution in [0.2, 0.25) is 0 Å². The molecule has 2 N–H and O–H groups in total. The summed E-state index contributed by atoms with van der Waals surface area (Å²) >= 11 is 0. The summed E-state index contributed by atoms with van der Waals surface area (Å²) in [6.45, 7) is 11.0. The number of fused-ring (bicyclic) bond motifs is 1. The molecule has 0 aromatic heterocycles. The van der Waals surface area contributed by atoms with Crippen LogP contribution in [0, 0.1) is 0 Å². The number of hydrogen-bond acceptors (Lipinski definition) is 3. The summed E-state index contributed by atoms with van der Waals surface area (Å²) in [5.41, 5.74) is 2.94. The molecular weight excluding hydrogens is 350 g/mol. The first-order chi connectivity index (χ1) is 13.4. The number of hydrogen-bond donors (Lipinski definition) is 2. The summed E-state index contributed by atoms with van der Waals surface area (Å²) in [6, 6.07) is 9.03. The fourth-order valence-electron chi connectivity index (χ4n) is 4.14. The maximum absolute atomic E-state index is 11.9. The molecule has 1 atom stereocenters. The first kappa shape index (κ1) is 20.6. The maximum atomic E-state index is 11.9. The molecule has 1 fully saturated rings. The lowest BCUT2D eigenvalue weighted by atomic mass is 9.94. The van der Waals surface area contributed by atoms with Crippen molar-refractivity contribution in [1.82, 2.24) is 20.4 Å². The molecule has 0 saturated carbocycles. The fourth-order valence-corrected chi connectivity index (χ4v) is 4.14. The van der Waals surface area contributed by atoms with Gasteiger partial charge in [0.1, 0.15) is 0 Å². The third-order valence-corrected chi connectivity index (χ3v) is 6.08. The molecule has 1 aromatic carbocycles. The number of benzene rings is 1. The number of nitrogens with zero attached hydrogens (tertiary/aromatic N) is 3. The highest BCUT2D eigenvalue weighted by molar-refractivity contribution is 5.80. The summed E-state index contributed by atoms with van der Waals surface area (Å²) < 4.78 is 0. The second-order valence-electron chi connectivity index (χ2n) is 8.50. The first-order valence-electron chi connectivity index (χ1n) is 10.5. The minimum Gasteiger partial charge on any atom is -0.355 e. The van der Waals surface area contributed by atoms with Gasteiger partial charge in [0, 0.05) is 57.8 Å². The molecule has 0 spiro atoms. The third-order valence-electron chi connectivity index (χ3n) is 6.08. The molecule has 0 radical (unpaired) electrons. The Kier molecular flexibility index (Phi) is 6.60. The highest BCUT2D eigenvalue weighted by Crippen LogP contribution is 2.24. The van der Waals surface area contributed by atoms with Gasteiger partial charge in [0.05, 0.1) is 0 Å². The Balaban J connectivity index is 1.51. The van der Waals surface area contributed by atoms with Crippen LogP contribution in [0.1, 0.15) is 44.7 Å². The van der Waals surface area contributed by atoms with E-state index < -0.39 is 0 Å². The number of guanidine groups is 1. The Hall–Kier alpha value is -2.08. The summed E-state index contributed by atoms with van der Waals surface area (Å²) in [7, 11) is 1.81. The van der Waals surface area contributed by atoms with E-state index in [0.29, 0.717) is 6.42 Å². The second-order valence-corrected chi connectivity index (χ2v) is 8.50. The van der Waals surface area contributed by atoms with Crippen molar-refractivity contribution in [2.24, 2.45) is 4.99 Å². The van der Waals surface area contributed by atoms with Crippen LogP contribution < -0.4 is 10.6 Å². The average Bonchev–Trinajstić information content (AvgIpc) is 3.18. The molecule has 2 aliphatic rings. The molecule has 0 aliphatic carbocycles. The molecule has 1 unspecified atom stereocenters. The van der Waals surface area contributed by atoms with Gasteiger partial charge in [0.25, 0.3) is 0 Å². The molecule has 154 valence electrons. The standard InChI is InChI=1S/C22H35N5O/c1-5-20(28)26-12-11-19(15-26)25-21(23-4)24-16-22(2,3)27-13-10-17-8-6-7-9-18(17)14-27/h6-9,19H,5,10-16H2,1-4H3,(H2,23,24,25). The smallest absolute Gasteiger partial charge is 0.222 e. The van der Waals surface area contributed by atoms with Gasteiger partial charge in [-0.15, -0.1) is 0 Å². The normalized spacial score (nSPS) is 20.8. The van der Waals surface area contributed by atoms with Gasteiger partial charge in [-0.1, -0.05) is 31.2 Å². The van der Waals surface area contributed by atoms with Gasteiger partial charge in [0.2, 0.25) is 5.91 Å². The first-order valence-corrected chi connectivity index (χ1v) is 10.5. The summed E-state index contributed by atoms with van der Waals surface area (Å²) in [5, 5.41) is 7.00. The van der Waals surface area contributed by atoms with Crippen LogP contribution in [-0.2, 0) is 17.8 Å². The molecule has 2 aliphatic heterocycles. The van der Waals surface area contributed by atoms with Crippen molar-refractivity contribution in [2.75, 3.05) is 33.2 Å². The molecule has 0 bridgehead atoms. The minimum absolute atomic E-state index is 0.0189. The molecule has 1 aromatic rings. The van der Waals surface area contributed by atoms with Crippen molar-refractivity contribution >= 4 is 11.9 Å². The van der Waals surface area contributed by atoms with Gasteiger partial charge in [-0.25, -0.2) is 0 Å². The third kappa shape index (κ3) is 4.85. The lowest BCUT2D eigenvalue weighted by molar-refractivity contribution is -0.129. The van der Waals surface area contributed by atoms with Gasteiger partial charge in [-0.3, -0.25) is 14.7 Å². The van der Waals surface area contributed by atoms with E-state index in [4.69, 9.17) is 0 Å². The number of rotatable bonds is 5. The Morgan fingerprint density at radius 3 is 2.71 bits per heavy atom. The van der Waals surface area contributed by atoms with E-state index in [2.05, 4.69) is 58.6 Å². The van der Waals surface area contributed by atoms with Gasteiger partial charge in [0.15, 0.2) is 5.96 Å². The van der Waals surface area contributed by atoms with Crippen molar-refractivity contribution in [3.63, 3.8) is 0 Å². The largest absolute Gasteiger partial charge is 0.355 e. The fraction of sp³-hybridized carbons (Fsp3) is 0.636. The Bertz CT molecular complexity index is 715. The molecule has 1 amide bonds. The number of amides is 1. The molecule has 3 rings (SSSR count). The number of aliphatic imine (C=N–C) groups is 1. The van der Waals surface area contributed by atoms with Crippen molar-refractivity contribution in [1.29, 1.82) is 0 Å². The topological polar surface area (TPSA) is 60.0 Å². The maximum Gasteiger partial charge on any atom is 0.222 e. The van der Waals surface area contributed by atoms with Crippen molar-refractivity contribution in [3.05, 3.63) is 35.4 Å². The Labute approximate surface area is 169 Å². The van der Waals surface area contributed by atoms with E-state index >= 15 is 0 Å². The van der Waals surface area contributed by atoms with E-state index in [1.54, 1.807) is 0 Å². The number of nitrogens with one attached hydrogen (secondary N) is 2. The van der Waals surface area contributed by atoms with Gasteiger partial charge >= 0.3 is 0 Å². The minimum atomic E-state index is 0.0189. The van der Waals surface area contributed by atoms with Crippen molar-refractivity contribution < 1.29 is 4.79 Å². The van der Waals surface area contributed by atoms with Gasteiger partial charge in [-0.05, 0) is 37.8 Å². The van der Waals surface area contributed by atoms with E-state index in [1.165, 1.54) is 11.1 Å². The van der Waals surface area contributed by atoms with Crippen LogP contribution in [0.25, 0.3) is 0 Å². The Morgan fingerprint density at radius 1 is 1.25 bits per heavy atom. The SMILES string of the molecule is CCC(=O)N1CCC(NC(=NC)NCC(C)(C)N2CCc3ccccc3C2)C1. The number of carbonyl (C=O) groups excluding carboxylic acids is 1. The molecule has 6 nitrogen and oxygen atoms in total. The highest BCUT2D eigenvalue weighted by Gasteiger charge is 2.30. The quantitative estimate of drug-likeness (QED) is 0.601. The van der Waals surface area contributed by atoms with Crippen LogP contribution >= 0.6 is 0 Å². The predicted molar refractivity (Wildman–Crippen MR) is 114 cm³/mol. The summed E-state index contributed by atoms with van der Waals surface area (Å²) in [5.74, 6) is 1.06. The van der Waals surface area contributed by atoms with E-state index in [1.807, 2.05) is 18.9 Å². The molecule has 6 heteroatoms. The van der Waals surface area contributed by atoms with Crippen LogP contribution in [-0.4, -0.2) is 66.5 Å².